The van der Waals surface area contributed by atoms with Gasteiger partial charge in [-0.3, -0.25) is 9.69 Å². The van der Waals surface area contributed by atoms with Gasteiger partial charge in [-0.1, -0.05) is 84.9 Å². The van der Waals surface area contributed by atoms with Crippen LogP contribution in [0.2, 0.25) is 0 Å². The molecule has 33 heavy (non-hydrogen) atoms. The summed E-state index contributed by atoms with van der Waals surface area (Å²) in [6, 6.07) is 29.6. The van der Waals surface area contributed by atoms with Gasteiger partial charge >= 0.3 is 0 Å². The van der Waals surface area contributed by atoms with Crippen LogP contribution in [0.5, 0.6) is 0 Å². The normalized spacial score (nSPS) is 23.2. The van der Waals surface area contributed by atoms with Crippen LogP contribution in [0.15, 0.2) is 84.9 Å². The lowest BCUT2D eigenvalue weighted by Gasteiger charge is -2.57. The highest BCUT2D eigenvalue weighted by atomic mass is 16.3. The average Bonchev–Trinajstić information content (AvgIpc) is 2.84. The van der Waals surface area contributed by atoms with Crippen molar-refractivity contribution in [2.75, 3.05) is 26.2 Å². The molecular formula is C29H32N2O2. The minimum Gasteiger partial charge on any atom is -0.395 e. The molecule has 0 aromatic heterocycles. The molecular weight excluding hydrogens is 408 g/mol. The predicted octanol–water partition coefficient (Wildman–Crippen LogP) is 4.35. The fraction of sp³-hybridized carbons (Fsp3) is 0.345. The third kappa shape index (κ3) is 4.59. The largest absolute Gasteiger partial charge is 0.395 e. The standard InChI is InChI=1S/C29H32N2O2/c32-21-27-29(25-15-13-24(14-16-25)23-11-5-2-6-12-23)26-20-30(17-7-8-18-31(26)27)28(33)19-22-9-3-1-4-10-22/h1-6,9-16,26-27,29,32H,7-8,17-21H2/t26-,27+,29-/m0/s1. The second-order valence-corrected chi connectivity index (χ2v) is 9.28. The van der Waals surface area contributed by atoms with Crippen molar-refractivity contribution in [3.63, 3.8) is 0 Å². The molecule has 0 radical (unpaired) electrons. The molecule has 0 unspecified atom stereocenters. The van der Waals surface area contributed by atoms with Crippen molar-refractivity contribution in [1.29, 1.82) is 0 Å². The van der Waals surface area contributed by atoms with E-state index in [-0.39, 0.29) is 30.5 Å². The van der Waals surface area contributed by atoms with Crippen molar-refractivity contribution in [2.45, 2.75) is 37.3 Å². The van der Waals surface area contributed by atoms with E-state index < -0.39 is 0 Å². The molecule has 5 rings (SSSR count). The highest BCUT2D eigenvalue weighted by Gasteiger charge is 2.49. The minimum atomic E-state index is 0.127. The number of benzene rings is 3. The van der Waals surface area contributed by atoms with Crippen LogP contribution in [-0.4, -0.2) is 59.1 Å². The molecule has 2 fully saturated rings. The highest BCUT2D eigenvalue weighted by Crippen LogP contribution is 2.42. The Morgan fingerprint density at radius 1 is 0.818 bits per heavy atom. The van der Waals surface area contributed by atoms with E-state index in [1.165, 1.54) is 16.7 Å². The van der Waals surface area contributed by atoms with Crippen LogP contribution in [0.3, 0.4) is 0 Å². The van der Waals surface area contributed by atoms with Crippen molar-refractivity contribution in [1.82, 2.24) is 9.80 Å². The van der Waals surface area contributed by atoms with Crippen molar-refractivity contribution in [3.8, 4) is 11.1 Å². The Balaban J connectivity index is 1.35. The third-order valence-electron chi connectivity index (χ3n) is 7.32. The quantitative estimate of drug-likeness (QED) is 0.642. The van der Waals surface area contributed by atoms with Gasteiger partial charge in [0.25, 0.3) is 0 Å². The number of carbonyl (C=O) groups is 1. The molecule has 4 heteroatoms. The van der Waals surface area contributed by atoms with Gasteiger partial charge in [0, 0.05) is 31.1 Å². The van der Waals surface area contributed by atoms with Gasteiger partial charge in [0.05, 0.1) is 13.0 Å². The molecule has 4 nitrogen and oxygen atoms in total. The Bertz CT molecular complexity index is 1050. The fourth-order valence-corrected chi connectivity index (χ4v) is 5.58. The van der Waals surface area contributed by atoms with Crippen LogP contribution in [0.25, 0.3) is 11.1 Å². The Morgan fingerprint density at radius 2 is 1.45 bits per heavy atom. The second kappa shape index (κ2) is 9.90. The molecule has 0 spiro atoms. The lowest BCUT2D eigenvalue weighted by molar-refractivity contribution is -0.135. The SMILES string of the molecule is O=C(Cc1ccccc1)N1CCCCN2[C@H](CO)[C@@H](c3ccc(-c4ccccc4)cc3)[C@@H]2C1. The summed E-state index contributed by atoms with van der Waals surface area (Å²) in [6.45, 7) is 2.70. The summed E-state index contributed by atoms with van der Waals surface area (Å²) in [5.41, 5.74) is 4.73. The lowest BCUT2D eigenvalue weighted by Crippen LogP contribution is -2.68. The van der Waals surface area contributed by atoms with Crippen molar-refractivity contribution in [3.05, 3.63) is 96.1 Å². The Hall–Kier alpha value is -2.95. The van der Waals surface area contributed by atoms with Gasteiger partial charge in [-0.15, -0.1) is 0 Å². The van der Waals surface area contributed by atoms with Gasteiger partial charge < -0.3 is 10.0 Å². The average molecular weight is 441 g/mol. The molecule has 3 atom stereocenters. The van der Waals surface area contributed by atoms with Gasteiger partial charge in [-0.05, 0) is 41.6 Å². The highest BCUT2D eigenvalue weighted by molar-refractivity contribution is 5.79. The number of amides is 1. The van der Waals surface area contributed by atoms with Gasteiger partial charge in [0.2, 0.25) is 5.91 Å². The van der Waals surface area contributed by atoms with Crippen LogP contribution in [0.4, 0.5) is 0 Å². The van der Waals surface area contributed by atoms with E-state index in [0.29, 0.717) is 6.42 Å². The van der Waals surface area contributed by atoms with Crippen molar-refractivity contribution < 1.29 is 9.90 Å². The number of carbonyl (C=O) groups excluding carboxylic acids is 1. The molecule has 0 bridgehead atoms. The molecule has 3 aromatic rings. The molecule has 1 N–H and O–H groups in total. The first-order chi connectivity index (χ1) is 16.2. The topological polar surface area (TPSA) is 43.8 Å². The van der Waals surface area contributed by atoms with Gasteiger partial charge in [-0.25, -0.2) is 0 Å². The van der Waals surface area contributed by atoms with E-state index in [2.05, 4.69) is 58.3 Å². The van der Waals surface area contributed by atoms with E-state index in [9.17, 15) is 9.90 Å². The fourth-order valence-electron chi connectivity index (χ4n) is 5.58. The van der Waals surface area contributed by atoms with Crippen LogP contribution < -0.4 is 0 Å². The molecule has 2 aliphatic rings. The molecule has 2 heterocycles. The van der Waals surface area contributed by atoms with Crippen molar-refractivity contribution in [2.24, 2.45) is 0 Å². The molecule has 2 aliphatic heterocycles. The number of nitrogens with zero attached hydrogens (tertiary/aromatic N) is 2. The number of rotatable bonds is 5. The Labute approximate surface area is 196 Å². The summed E-state index contributed by atoms with van der Waals surface area (Å²) in [6.07, 6.45) is 2.52. The maximum absolute atomic E-state index is 13.2. The molecule has 2 saturated heterocycles. The monoisotopic (exact) mass is 440 g/mol. The zero-order chi connectivity index (χ0) is 22.6. The van der Waals surface area contributed by atoms with Gasteiger partial charge in [0.1, 0.15) is 0 Å². The molecule has 3 aromatic carbocycles. The predicted molar refractivity (Wildman–Crippen MR) is 132 cm³/mol. The summed E-state index contributed by atoms with van der Waals surface area (Å²) in [5.74, 6) is 0.443. The number of hydrogen-bond acceptors (Lipinski definition) is 3. The lowest BCUT2D eigenvalue weighted by atomic mass is 9.74. The summed E-state index contributed by atoms with van der Waals surface area (Å²) >= 11 is 0. The summed E-state index contributed by atoms with van der Waals surface area (Å²) in [4.78, 5) is 17.6. The number of hydrogen-bond donors (Lipinski definition) is 1. The number of fused-ring (bicyclic) bond motifs is 1. The van der Waals surface area contributed by atoms with Crippen LogP contribution in [0.1, 0.15) is 29.9 Å². The molecule has 170 valence electrons. The van der Waals surface area contributed by atoms with E-state index in [1.807, 2.05) is 36.4 Å². The molecule has 0 saturated carbocycles. The van der Waals surface area contributed by atoms with E-state index in [1.54, 1.807) is 0 Å². The first-order valence-corrected chi connectivity index (χ1v) is 12.1. The van der Waals surface area contributed by atoms with Crippen LogP contribution in [-0.2, 0) is 11.2 Å². The van der Waals surface area contributed by atoms with Gasteiger partial charge in [-0.2, -0.15) is 0 Å². The molecule has 0 aliphatic carbocycles. The molecule has 1 amide bonds. The second-order valence-electron chi connectivity index (χ2n) is 9.28. The minimum absolute atomic E-state index is 0.127. The number of aliphatic hydroxyl groups excluding tert-OH is 1. The smallest absolute Gasteiger partial charge is 0.227 e. The summed E-state index contributed by atoms with van der Waals surface area (Å²) < 4.78 is 0. The Kier molecular flexibility index (Phi) is 6.56. The van der Waals surface area contributed by atoms with Gasteiger partial charge in [0.15, 0.2) is 0 Å². The first-order valence-electron chi connectivity index (χ1n) is 12.1. The van der Waals surface area contributed by atoms with Crippen LogP contribution >= 0.6 is 0 Å². The van der Waals surface area contributed by atoms with E-state index in [0.717, 1.165) is 38.0 Å². The Morgan fingerprint density at radius 3 is 2.15 bits per heavy atom. The maximum Gasteiger partial charge on any atom is 0.227 e. The maximum atomic E-state index is 13.2. The summed E-state index contributed by atoms with van der Waals surface area (Å²) in [7, 11) is 0. The van der Waals surface area contributed by atoms with Crippen molar-refractivity contribution >= 4 is 5.91 Å². The zero-order valence-electron chi connectivity index (χ0n) is 19.0. The van der Waals surface area contributed by atoms with E-state index >= 15 is 0 Å². The zero-order valence-corrected chi connectivity index (χ0v) is 19.0. The number of aliphatic hydroxyl groups is 1. The summed E-state index contributed by atoms with van der Waals surface area (Å²) in [5, 5.41) is 10.2. The van der Waals surface area contributed by atoms with Crippen LogP contribution in [0, 0.1) is 0 Å². The van der Waals surface area contributed by atoms with E-state index in [4.69, 9.17) is 0 Å². The first kappa shape index (κ1) is 21.9. The third-order valence-corrected chi connectivity index (χ3v) is 7.32.